The molecule has 0 radical (unpaired) electrons. The van der Waals surface area contributed by atoms with Crippen molar-refractivity contribution < 1.29 is 5.11 Å². The molecule has 0 aromatic heterocycles. The van der Waals surface area contributed by atoms with Crippen molar-refractivity contribution in [3.63, 3.8) is 0 Å². The van der Waals surface area contributed by atoms with Crippen LogP contribution in [-0.2, 0) is 0 Å². The van der Waals surface area contributed by atoms with Gasteiger partial charge in [-0.15, -0.1) is 0 Å². The van der Waals surface area contributed by atoms with Crippen molar-refractivity contribution in [1.29, 1.82) is 0 Å². The molecule has 0 aliphatic rings. The van der Waals surface area contributed by atoms with Gasteiger partial charge in [-0.1, -0.05) is 17.7 Å². The monoisotopic (exact) mass is 278 g/mol. The van der Waals surface area contributed by atoms with Gasteiger partial charge < -0.3 is 15.3 Å². The Bertz CT molecular complexity index is 371. The molecule has 0 heterocycles. The highest BCUT2D eigenvalue weighted by Gasteiger charge is 2.19. The van der Waals surface area contributed by atoms with Crippen LogP contribution in [0.15, 0.2) is 24.3 Å². The fourth-order valence-electron chi connectivity index (χ4n) is 2.33. The highest BCUT2D eigenvalue weighted by atomic mass is 16.3. The molecule has 0 bridgehead atoms. The molecular weight excluding hydrogens is 248 g/mol. The molecular formula is C17H30N2O. The summed E-state index contributed by atoms with van der Waals surface area (Å²) < 4.78 is 0. The number of unbranched alkanes of at least 4 members (excludes halogenated alkanes) is 1. The second kappa shape index (κ2) is 8.28. The molecule has 2 N–H and O–H groups in total. The molecule has 1 aromatic carbocycles. The molecule has 0 fully saturated rings. The molecule has 1 unspecified atom stereocenters. The minimum atomic E-state index is -0.138. The Labute approximate surface area is 124 Å². The second-order valence-corrected chi connectivity index (χ2v) is 5.84. The number of aliphatic hydroxyl groups excluding tert-OH is 1. The zero-order valence-corrected chi connectivity index (χ0v) is 13.4. The molecule has 3 nitrogen and oxygen atoms in total. The topological polar surface area (TPSA) is 35.5 Å². The molecule has 1 aromatic rings. The zero-order valence-electron chi connectivity index (χ0n) is 13.4. The Balaban J connectivity index is 2.41. The average Bonchev–Trinajstić information content (AvgIpc) is 2.48. The standard InChI is InChI=1S/C17H30N2O/c1-5-19(16-10-8-15(2)9-11-16)13-7-6-12-17(3,14-20)18-4/h8-11,18,20H,5-7,12-14H2,1-4H3. The first-order valence-electron chi connectivity index (χ1n) is 7.66. The van der Waals surface area contributed by atoms with Crippen molar-refractivity contribution in [2.75, 3.05) is 31.6 Å². The van der Waals surface area contributed by atoms with Crippen molar-refractivity contribution in [1.82, 2.24) is 5.32 Å². The van der Waals surface area contributed by atoms with Crippen LogP contribution in [0.4, 0.5) is 5.69 Å². The summed E-state index contributed by atoms with van der Waals surface area (Å²) >= 11 is 0. The van der Waals surface area contributed by atoms with Gasteiger partial charge in [0.1, 0.15) is 0 Å². The first kappa shape index (κ1) is 17.0. The van der Waals surface area contributed by atoms with E-state index in [4.69, 9.17) is 0 Å². The summed E-state index contributed by atoms with van der Waals surface area (Å²) in [7, 11) is 1.92. The lowest BCUT2D eigenvalue weighted by Crippen LogP contribution is -2.43. The quantitative estimate of drug-likeness (QED) is 0.682. The average molecular weight is 278 g/mol. The Kier molecular flexibility index (Phi) is 7.03. The molecule has 0 saturated heterocycles. The summed E-state index contributed by atoms with van der Waals surface area (Å²) in [5.74, 6) is 0. The number of aliphatic hydroxyl groups is 1. The maximum Gasteiger partial charge on any atom is 0.0610 e. The molecule has 1 rings (SSSR count). The summed E-state index contributed by atoms with van der Waals surface area (Å²) in [6.07, 6.45) is 3.28. The summed E-state index contributed by atoms with van der Waals surface area (Å²) in [5.41, 5.74) is 2.47. The number of nitrogens with zero attached hydrogens (tertiary/aromatic N) is 1. The first-order valence-corrected chi connectivity index (χ1v) is 7.66. The molecule has 3 heteroatoms. The van der Waals surface area contributed by atoms with Crippen LogP contribution in [0.2, 0.25) is 0 Å². The van der Waals surface area contributed by atoms with Crippen LogP contribution in [0.1, 0.15) is 38.7 Å². The third-order valence-electron chi connectivity index (χ3n) is 4.14. The van der Waals surface area contributed by atoms with Crippen LogP contribution in [0, 0.1) is 6.92 Å². The second-order valence-electron chi connectivity index (χ2n) is 5.84. The first-order chi connectivity index (χ1) is 9.54. The van der Waals surface area contributed by atoms with E-state index < -0.39 is 0 Å². The van der Waals surface area contributed by atoms with Crippen LogP contribution in [0.5, 0.6) is 0 Å². The molecule has 0 aliphatic carbocycles. The Morgan fingerprint density at radius 1 is 1.20 bits per heavy atom. The van der Waals surface area contributed by atoms with Gasteiger partial charge in [0.25, 0.3) is 0 Å². The fraction of sp³-hybridized carbons (Fsp3) is 0.647. The van der Waals surface area contributed by atoms with Gasteiger partial charge in [-0.25, -0.2) is 0 Å². The maximum atomic E-state index is 9.37. The lowest BCUT2D eigenvalue weighted by atomic mass is 9.96. The molecule has 0 spiro atoms. The molecule has 114 valence electrons. The number of aryl methyl sites for hydroxylation is 1. The Morgan fingerprint density at radius 3 is 2.35 bits per heavy atom. The lowest BCUT2D eigenvalue weighted by Gasteiger charge is -2.28. The fourth-order valence-corrected chi connectivity index (χ4v) is 2.33. The van der Waals surface area contributed by atoms with Crippen LogP contribution < -0.4 is 10.2 Å². The number of nitrogens with one attached hydrogen (secondary N) is 1. The SMILES string of the molecule is CCN(CCCCC(C)(CO)NC)c1ccc(C)cc1. The zero-order chi connectivity index (χ0) is 15.0. The summed E-state index contributed by atoms with van der Waals surface area (Å²) in [6, 6.07) is 8.73. The molecule has 0 aliphatic heterocycles. The third kappa shape index (κ3) is 5.14. The number of rotatable bonds is 9. The van der Waals surface area contributed by atoms with Gasteiger partial charge in [0.15, 0.2) is 0 Å². The number of hydrogen-bond donors (Lipinski definition) is 2. The van der Waals surface area contributed by atoms with Crippen molar-refractivity contribution >= 4 is 5.69 Å². The van der Waals surface area contributed by atoms with Crippen LogP contribution in [-0.4, -0.2) is 37.4 Å². The van der Waals surface area contributed by atoms with E-state index in [0.717, 1.165) is 32.4 Å². The van der Waals surface area contributed by atoms with E-state index in [0.29, 0.717) is 0 Å². The number of hydrogen-bond acceptors (Lipinski definition) is 3. The van der Waals surface area contributed by atoms with Gasteiger partial charge in [-0.2, -0.15) is 0 Å². The minimum Gasteiger partial charge on any atom is -0.394 e. The van der Waals surface area contributed by atoms with Gasteiger partial charge in [-0.3, -0.25) is 0 Å². The predicted octanol–water partition coefficient (Wildman–Crippen LogP) is 2.96. The summed E-state index contributed by atoms with van der Waals surface area (Å²) in [5, 5.41) is 12.6. The van der Waals surface area contributed by atoms with E-state index in [2.05, 4.69) is 55.3 Å². The summed E-state index contributed by atoms with van der Waals surface area (Å²) in [6.45, 7) is 8.69. The van der Waals surface area contributed by atoms with Gasteiger partial charge in [0, 0.05) is 24.3 Å². The van der Waals surface area contributed by atoms with E-state index in [1.165, 1.54) is 11.3 Å². The normalized spacial score (nSPS) is 14.1. The number of benzene rings is 1. The summed E-state index contributed by atoms with van der Waals surface area (Å²) in [4.78, 5) is 2.41. The molecule has 0 amide bonds. The van der Waals surface area contributed by atoms with Crippen molar-refractivity contribution in [3.8, 4) is 0 Å². The van der Waals surface area contributed by atoms with Crippen molar-refractivity contribution in [2.24, 2.45) is 0 Å². The highest BCUT2D eigenvalue weighted by molar-refractivity contribution is 5.47. The van der Waals surface area contributed by atoms with E-state index in [-0.39, 0.29) is 12.1 Å². The Hall–Kier alpha value is -1.06. The van der Waals surface area contributed by atoms with E-state index in [1.54, 1.807) is 0 Å². The van der Waals surface area contributed by atoms with Gasteiger partial charge >= 0.3 is 0 Å². The van der Waals surface area contributed by atoms with E-state index in [9.17, 15) is 5.11 Å². The van der Waals surface area contributed by atoms with E-state index >= 15 is 0 Å². The molecule has 0 saturated carbocycles. The maximum absolute atomic E-state index is 9.37. The van der Waals surface area contributed by atoms with Gasteiger partial charge in [0.2, 0.25) is 0 Å². The lowest BCUT2D eigenvalue weighted by molar-refractivity contribution is 0.171. The number of anilines is 1. The predicted molar refractivity (Wildman–Crippen MR) is 87.5 cm³/mol. The van der Waals surface area contributed by atoms with Crippen LogP contribution >= 0.6 is 0 Å². The van der Waals surface area contributed by atoms with Crippen molar-refractivity contribution in [3.05, 3.63) is 29.8 Å². The van der Waals surface area contributed by atoms with E-state index in [1.807, 2.05) is 7.05 Å². The van der Waals surface area contributed by atoms with Gasteiger partial charge in [0.05, 0.1) is 6.61 Å². The largest absolute Gasteiger partial charge is 0.394 e. The smallest absolute Gasteiger partial charge is 0.0610 e. The highest BCUT2D eigenvalue weighted by Crippen LogP contribution is 2.17. The van der Waals surface area contributed by atoms with Crippen LogP contribution in [0.25, 0.3) is 0 Å². The number of likely N-dealkylation sites (N-methyl/N-ethyl adjacent to an activating group) is 1. The van der Waals surface area contributed by atoms with Crippen LogP contribution in [0.3, 0.4) is 0 Å². The molecule has 20 heavy (non-hydrogen) atoms. The van der Waals surface area contributed by atoms with Crippen molar-refractivity contribution in [2.45, 2.75) is 45.6 Å². The minimum absolute atomic E-state index is 0.138. The van der Waals surface area contributed by atoms with Gasteiger partial charge in [-0.05, 0) is 59.2 Å². The third-order valence-corrected chi connectivity index (χ3v) is 4.14. The molecule has 1 atom stereocenters. The Morgan fingerprint density at radius 2 is 1.85 bits per heavy atom.